The smallest absolute Gasteiger partial charge is 0.131 e. The second-order valence-electron chi connectivity index (χ2n) is 2.44. The Hall–Kier alpha value is -0.800. The van der Waals surface area contributed by atoms with Crippen molar-refractivity contribution in [1.29, 1.82) is 0 Å². The lowest BCUT2D eigenvalue weighted by Gasteiger charge is -2.04. The van der Waals surface area contributed by atoms with Gasteiger partial charge in [0, 0.05) is 18.4 Å². The van der Waals surface area contributed by atoms with E-state index in [0.29, 0.717) is 11.7 Å². The zero-order valence-electron chi connectivity index (χ0n) is 6.76. The molecule has 3 N–H and O–H groups in total. The molecule has 0 bridgehead atoms. The van der Waals surface area contributed by atoms with Gasteiger partial charge in [-0.25, -0.2) is 4.98 Å². The Balaban J connectivity index is 2.41. The van der Waals surface area contributed by atoms with Gasteiger partial charge in [-0.2, -0.15) is 0 Å². The molecule has 0 amide bonds. The van der Waals surface area contributed by atoms with E-state index in [1.165, 1.54) is 0 Å². The minimum Gasteiger partial charge on any atom is -0.385 e. The van der Waals surface area contributed by atoms with Crippen LogP contribution in [0.25, 0.3) is 0 Å². The van der Waals surface area contributed by atoms with Crippen LogP contribution in [0.5, 0.6) is 0 Å². The fourth-order valence-electron chi connectivity index (χ4n) is 0.847. The summed E-state index contributed by atoms with van der Waals surface area (Å²) >= 11 is 5.68. The molecule has 0 fully saturated rings. The average Bonchev–Trinajstić information content (AvgIpc) is 2.05. The van der Waals surface area contributed by atoms with E-state index in [1.807, 2.05) is 6.07 Å². The van der Waals surface area contributed by atoms with Crippen LogP contribution < -0.4 is 11.1 Å². The first kappa shape index (κ1) is 9.29. The molecule has 0 aromatic carbocycles. The number of aromatic nitrogens is 1. The highest BCUT2D eigenvalue weighted by atomic mass is 35.5. The van der Waals surface area contributed by atoms with Crippen molar-refractivity contribution >= 4 is 17.3 Å². The van der Waals surface area contributed by atoms with E-state index >= 15 is 0 Å². The largest absolute Gasteiger partial charge is 0.385 e. The van der Waals surface area contributed by atoms with Crippen molar-refractivity contribution in [2.45, 2.75) is 6.42 Å². The van der Waals surface area contributed by atoms with Gasteiger partial charge in [0.15, 0.2) is 0 Å². The van der Waals surface area contributed by atoms with E-state index in [9.17, 15) is 0 Å². The molecule has 0 atom stereocenters. The molecule has 0 spiro atoms. The molecule has 0 aliphatic carbocycles. The molecule has 1 heterocycles. The number of pyridine rings is 1. The lowest BCUT2D eigenvalue weighted by molar-refractivity contribution is 0.874. The van der Waals surface area contributed by atoms with Gasteiger partial charge < -0.3 is 11.1 Å². The van der Waals surface area contributed by atoms with Gasteiger partial charge in [-0.05, 0) is 25.1 Å². The Bertz CT molecular complexity index is 239. The van der Waals surface area contributed by atoms with Crippen LogP contribution in [0.3, 0.4) is 0 Å². The first-order valence-electron chi connectivity index (χ1n) is 3.88. The van der Waals surface area contributed by atoms with Crippen molar-refractivity contribution in [3.8, 4) is 0 Å². The number of nitrogens with two attached hydrogens (primary N) is 1. The van der Waals surface area contributed by atoms with E-state index in [1.54, 1.807) is 12.3 Å². The number of rotatable bonds is 4. The minimum atomic E-state index is 0.507. The number of hydrogen-bond donors (Lipinski definition) is 2. The molecule has 0 saturated heterocycles. The topological polar surface area (TPSA) is 50.9 Å². The van der Waals surface area contributed by atoms with Crippen LogP contribution in [0.1, 0.15) is 6.42 Å². The summed E-state index contributed by atoms with van der Waals surface area (Å²) in [6.45, 7) is 1.57. The molecule has 0 aliphatic rings. The van der Waals surface area contributed by atoms with Gasteiger partial charge in [0.2, 0.25) is 0 Å². The van der Waals surface area contributed by atoms with E-state index in [-0.39, 0.29) is 0 Å². The molecule has 0 unspecified atom stereocenters. The highest BCUT2D eigenvalue weighted by molar-refractivity contribution is 6.29. The van der Waals surface area contributed by atoms with E-state index < -0.39 is 0 Å². The number of halogens is 1. The monoisotopic (exact) mass is 185 g/mol. The first-order valence-corrected chi connectivity index (χ1v) is 4.26. The van der Waals surface area contributed by atoms with Crippen molar-refractivity contribution in [3.63, 3.8) is 0 Å². The molecular formula is C8H12ClN3. The summed E-state index contributed by atoms with van der Waals surface area (Å²) in [4.78, 5) is 3.87. The summed E-state index contributed by atoms with van der Waals surface area (Å²) < 4.78 is 0. The number of hydrogen-bond acceptors (Lipinski definition) is 3. The second-order valence-corrected chi connectivity index (χ2v) is 2.82. The average molecular weight is 186 g/mol. The zero-order valence-corrected chi connectivity index (χ0v) is 7.51. The summed E-state index contributed by atoms with van der Waals surface area (Å²) in [7, 11) is 0. The minimum absolute atomic E-state index is 0.507. The van der Waals surface area contributed by atoms with Gasteiger partial charge in [-0.15, -0.1) is 0 Å². The van der Waals surface area contributed by atoms with Gasteiger partial charge in [0.05, 0.1) is 0 Å². The summed E-state index contributed by atoms with van der Waals surface area (Å²) in [5.41, 5.74) is 6.33. The summed E-state index contributed by atoms with van der Waals surface area (Å²) in [6, 6.07) is 3.67. The summed E-state index contributed by atoms with van der Waals surface area (Å²) in [6.07, 6.45) is 2.63. The second kappa shape index (κ2) is 4.95. The molecule has 1 rings (SSSR count). The molecule has 4 heteroatoms. The van der Waals surface area contributed by atoms with Crippen LogP contribution in [0.15, 0.2) is 18.3 Å². The van der Waals surface area contributed by atoms with Crippen LogP contribution >= 0.6 is 11.6 Å². The fourth-order valence-corrected chi connectivity index (χ4v) is 1.02. The molecular weight excluding hydrogens is 174 g/mol. The Morgan fingerprint density at radius 3 is 3.08 bits per heavy atom. The maximum absolute atomic E-state index is 5.68. The Morgan fingerprint density at radius 1 is 1.58 bits per heavy atom. The molecule has 1 aromatic rings. The molecule has 66 valence electrons. The maximum atomic E-state index is 5.68. The van der Waals surface area contributed by atoms with Crippen LogP contribution in [-0.4, -0.2) is 18.1 Å². The maximum Gasteiger partial charge on any atom is 0.131 e. The predicted molar refractivity (Wildman–Crippen MR) is 51.4 cm³/mol. The van der Waals surface area contributed by atoms with E-state index in [0.717, 1.165) is 18.7 Å². The molecule has 1 aromatic heterocycles. The fraction of sp³-hybridized carbons (Fsp3) is 0.375. The van der Waals surface area contributed by atoms with Crippen molar-refractivity contribution in [3.05, 3.63) is 23.5 Å². The molecule has 0 aliphatic heterocycles. The predicted octanol–water partition coefficient (Wildman–Crippen LogP) is 1.50. The third-order valence-electron chi connectivity index (χ3n) is 1.44. The van der Waals surface area contributed by atoms with Crippen molar-refractivity contribution < 1.29 is 0 Å². The molecule has 0 radical (unpaired) electrons. The number of nitrogens with one attached hydrogen (secondary N) is 1. The highest BCUT2D eigenvalue weighted by Crippen LogP contribution is 2.11. The lowest BCUT2D eigenvalue weighted by Crippen LogP contribution is -2.08. The highest BCUT2D eigenvalue weighted by Gasteiger charge is 1.92. The van der Waals surface area contributed by atoms with Crippen LogP contribution in [-0.2, 0) is 0 Å². The van der Waals surface area contributed by atoms with Gasteiger partial charge >= 0.3 is 0 Å². The molecule has 3 nitrogen and oxygen atoms in total. The van der Waals surface area contributed by atoms with E-state index in [2.05, 4.69) is 10.3 Å². The standard InChI is InChI=1S/C8H12ClN3/c9-8-6-7(2-5-12-8)11-4-1-3-10/h2,5-6H,1,3-4,10H2,(H,11,12). The van der Waals surface area contributed by atoms with Crippen LogP contribution in [0.4, 0.5) is 5.69 Å². The van der Waals surface area contributed by atoms with Crippen LogP contribution in [0.2, 0.25) is 5.15 Å². The third-order valence-corrected chi connectivity index (χ3v) is 1.64. The van der Waals surface area contributed by atoms with Gasteiger partial charge in [0.1, 0.15) is 5.15 Å². The summed E-state index contributed by atoms with van der Waals surface area (Å²) in [5, 5.41) is 3.69. The molecule has 12 heavy (non-hydrogen) atoms. The van der Waals surface area contributed by atoms with Gasteiger partial charge in [-0.3, -0.25) is 0 Å². The normalized spacial score (nSPS) is 9.83. The van der Waals surface area contributed by atoms with Crippen molar-refractivity contribution in [1.82, 2.24) is 4.98 Å². The number of nitrogens with zero attached hydrogens (tertiary/aromatic N) is 1. The quantitative estimate of drug-likeness (QED) is 0.552. The molecule has 0 saturated carbocycles. The first-order chi connectivity index (χ1) is 5.83. The van der Waals surface area contributed by atoms with Gasteiger partial charge in [-0.1, -0.05) is 11.6 Å². The Labute approximate surface area is 76.9 Å². The van der Waals surface area contributed by atoms with E-state index in [4.69, 9.17) is 17.3 Å². The van der Waals surface area contributed by atoms with Crippen LogP contribution in [0, 0.1) is 0 Å². The summed E-state index contributed by atoms with van der Waals surface area (Å²) in [5.74, 6) is 0. The van der Waals surface area contributed by atoms with Gasteiger partial charge in [0.25, 0.3) is 0 Å². The lowest BCUT2D eigenvalue weighted by atomic mass is 10.3. The SMILES string of the molecule is NCCCNc1ccnc(Cl)c1. The number of anilines is 1. The Morgan fingerprint density at radius 2 is 2.42 bits per heavy atom. The zero-order chi connectivity index (χ0) is 8.81. The third kappa shape index (κ3) is 3.07. The Kier molecular flexibility index (Phi) is 3.84. The van der Waals surface area contributed by atoms with Crippen molar-refractivity contribution in [2.75, 3.05) is 18.4 Å². The van der Waals surface area contributed by atoms with Crippen molar-refractivity contribution in [2.24, 2.45) is 5.73 Å².